The highest BCUT2D eigenvalue weighted by molar-refractivity contribution is 8.00. The van der Waals surface area contributed by atoms with Crippen LogP contribution in [0.15, 0.2) is 0 Å². The number of thioether (sulfide) groups is 1. The Morgan fingerprint density at radius 3 is 2.68 bits per heavy atom. The molecule has 0 saturated carbocycles. The first-order valence-electron chi connectivity index (χ1n) is 8.67. The van der Waals surface area contributed by atoms with Crippen molar-refractivity contribution >= 4 is 29.8 Å². The third-order valence-corrected chi connectivity index (χ3v) is 5.45. The van der Waals surface area contributed by atoms with Crippen molar-refractivity contribution in [2.24, 2.45) is 0 Å². The summed E-state index contributed by atoms with van der Waals surface area (Å²) in [5, 5.41) is 11.6. The molecule has 9 heteroatoms. The normalized spacial score (nSPS) is 24.9. The van der Waals surface area contributed by atoms with Crippen LogP contribution in [0.4, 0.5) is 9.59 Å². The van der Waals surface area contributed by atoms with E-state index in [0.717, 1.165) is 18.6 Å². The number of fused-ring (bicyclic) bond motifs is 1. The van der Waals surface area contributed by atoms with Gasteiger partial charge in [-0.3, -0.25) is 4.79 Å². The molecule has 0 aromatic heterocycles. The fraction of sp³-hybridized carbons (Fsp3) is 0.812. The first kappa shape index (κ1) is 19.7. The second-order valence-electron chi connectivity index (χ2n) is 7.29. The first-order valence-corrected chi connectivity index (χ1v) is 9.71. The lowest BCUT2D eigenvalue weighted by molar-refractivity contribution is -0.121. The van der Waals surface area contributed by atoms with Gasteiger partial charge in [-0.25, -0.2) is 9.59 Å². The number of hydrogen-bond donors (Lipinski definition) is 4. The van der Waals surface area contributed by atoms with Crippen molar-refractivity contribution in [2.45, 2.75) is 63.0 Å². The van der Waals surface area contributed by atoms with Crippen molar-refractivity contribution in [1.29, 1.82) is 0 Å². The second kappa shape index (κ2) is 8.64. The molecule has 2 rings (SSSR count). The summed E-state index contributed by atoms with van der Waals surface area (Å²) in [5.74, 6) is 0.899. The van der Waals surface area contributed by atoms with E-state index >= 15 is 0 Å². The lowest BCUT2D eigenvalue weighted by Gasteiger charge is -2.19. The molecule has 2 fully saturated rings. The highest BCUT2D eigenvalue weighted by atomic mass is 32.2. The number of ether oxygens (including phenoxy) is 1. The molecule has 8 nitrogen and oxygen atoms in total. The van der Waals surface area contributed by atoms with Crippen molar-refractivity contribution in [1.82, 2.24) is 21.3 Å². The number of urea groups is 1. The Hall–Kier alpha value is -1.64. The van der Waals surface area contributed by atoms with Crippen LogP contribution < -0.4 is 21.3 Å². The Morgan fingerprint density at radius 1 is 1.24 bits per heavy atom. The van der Waals surface area contributed by atoms with E-state index in [-0.39, 0.29) is 24.0 Å². The van der Waals surface area contributed by atoms with Crippen LogP contribution >= 0.6 is 11.8 Å². The third kappa shape index (κ3) is 6.64. The summed E-state index contributed by atoms with van der Waals surface area (Å²) in [6.07, 6.45) is 1.64. The summed E-state index contributed by atoms with van der Waals surface area (Å²) in [6, 6.07) is 0.310. The van der Waals surface area contributed by atoms with Gasteiger partial charge in [0.25, 0.3) is 0 Å². The molecule has 3 atom stereocenters. The number of rotatable bonds is 7. The Morgan fingerprint density at radius 2 is 1.96 bits per heavy atom. The van der Waals surface area contributed by atoms with Crippen LogP contribution in [0.2, 0.25) is 0 Å². The largest absolute Gasteiger partial charge is 0.444 e. The van der Waals surface area contributed by atoms with Gasteiger partial charge in [0, 0.05) is 30.5 Å². The quantitative estimate of drug-likeness (QED) is 0.393. The standard InChI is InChI=1S/C16H28N4O4S/c1-16(2,3)24-15(23)18-8-7-17-12(21)6-4-5-11-13-10(9-25-11)19-14(22)20-13/h10-11,13H,4-9H2,1-3H3,(H,17,21)(H,18,23)(H2,19,20,22). The van der Waals surface area contributed by atoms with Gasteiger partial charge in [-0.1, -0.05) is 0 Å². The average Bonchev–Trinajstić information content (AvgIpc) is 3.02. The Balaban J connectivity index is 1.52. The van der Waals surface area contributed by atoms with Gasteiger partial charge in [0.05, 0.1) is 12.1 Å². The highest BCUT2D eigenvalue weighted by Gasteiger charge is 2.42. The van der Waals surface area contributed by atoms with Crippen molar-refractivity contribution in [3.05, 3.63) is 0 Å². The van der Waals surface area contributed by atoms with Gasteiger partial charge in [-0.2, -0.15) is 11.8 Å². The monoisotopic (exact) mass is 372 g/mol. The van der Waals surface area contributed by atoms with E-state index in [1.165, 1.54) is 0 Å². The maximum atomic E-state index is 11.8. The number of carbonyl (C=O) groups excluding carboxylic acids is 3. The Kier molecular flexibility index (Phi) is 6.80. The van der Waals surface area contributed by atoms with E-state index in [0.29, 0.717) is 24.8 Å². The fourth-order valence-corrected chi connectivity index (χ4v) is 4.42. The minimum atomic E-state index is -0.529. The van der Waals surface area contributed by atoms with E-state index in [1.54, 1.807) is 20.8 Å². The number of amides is 4. The van der Waals surface area contributed by atoms with E-state index in [1.807, 2.05) is 11.8 Å². The molecule has 2 saturated heterocycles. The lowest BCUT2D eigenvalue weighted by Crippen LogP contribution is -2.38. The zero-order valence-corrected chi connectivity index (χ0v) is 15.8. The molecule has 0 aliphatic carbocycles. The molecule has 0 bridgehead atoms. The lowest BCUT2D eigenvalue weighted by atomic mass is 10.0. The number of alkyl carbamates (subject to hydrolysis) is 1. The molecule has 0 radical (unpaired) electrons. The predicted octanol–water partition coefficient (Wildman–Crippen LogP) is 0.963. The molecule has 4 N–H and O–H groups in total. The molecule has 25 heavy (non-hydrogen) atoms. The number of hydrogen-bond acceptors (Lipinski definition) is 5. The summed E-state index contributed by atoms with van der Waals surface area (Å²) < 4.78 is 5.11. The van der Waals surface area contributed by atoms with Crippen LogP contribution in [0.1, 0.15) is 40.0 Å². The van der Waals surface area contributed by atoms with Crippen LogP contribution in [-0.4, -0.2) is 59.8 Å². The van der Waals surface area contributed by atoms with Crippen molar-refractivity contribution < 1.29 is 19.1 Å². The number of nitrogens with one attached hydrogen (secondary N) is 4. The maximum absolute atomic E-state index is 11.8. The molecule has 0 spiro atoms. The molecule has 2 aliphatic rings. The SMILES string of the molecule is CC(C)(C)OC(=O)NCCNC(=O)CCCC1SCC2NC(=O)NC21. The van der Waals surface area contributed by atoms with Gasteiger partial charge in [0.1, 0.15) is 5.60 Å². The van der Waals surface area contributed by atoms with Crippen LogP contribution in [0, 0.1) is 0 Å². The predicted molar refractivity (Wildman–Crippen MR) is 96.6 cm³/mol. The van der Waals surface area contributed by atoms with Gasteiger partial charge in [0.15, 0.2) is 0 Å². The molecule has 2 heterocycles. The Bertz CT molecular complexity index is 509. The summed E-state index contributed by atoms with van der Waals surface area (Å²) >= 11 is 1.85. The number of carbonyl (C=O) groups is 3. The zero-order chi connectivity index (χ0) is 18.4. The van der Waals surface area contributed by atoms with Gasteiger partial charge in [-0.15, -0.1) is 0 Å². The molecule has 0 aromatic rings. The fourth-order valence-electron chi connectivity index (χ4n) is 2.88. The van der Waals surface area contributed by atoms with Crippen molar-refractivity contribution in [3.8, 4) is 0 Å². The van der Waals surface area contributed by atoms with Crippen LogP contribution in [0.3, 0.4) is 0 Å². The zero-order valence-electron chi connectivity index (χ0n) is 15.0. The third-order valence-electron chi connectivity index (χ3n) is 3.95. The average molecular weight is 372 g/mol. The van der Waals surface area contributed by atoms with Gasteiger partial charge in [-0.05, 0) is 33.6 Å². The summed E-state index contributed by atoms with van der Waals surface area (Å²) in [6.45, 7) is 6.10. The second-order valence-corrected chi connectivity index (χ2v) is 8.56. The molecule has 142 valence electrons. The molecule has 3 unspecified atom stereocenters. The highest BCUT2D eigenvalue weighted by Crippen LogP contribution is 2.32. The molecule has 0 aromatic carbocycles. The molecular formula is C16H28N4O4S. The summed E-state index contributed by atoms with van der Waals surface area (Å²) in [7, 11) is 0. The van der Waals surface area contributed by atoms with Crippen molar-refractivity contribution in [2.75, 3.05) is 18.8 Å². The summed E-state index contributed by atoms with van der Waals surface area (Å²) in [4.78, 5) is 34.6. The van der Waals surface area contributed by atoms with Gasteiger partial charge >= 0.3 is 12.1 Å². The van der Waals surface area contributed by atoms with E-state index in [9.17, 15) is 14.4 Å². The maximum Gasteiger partial charge on any atom is 0.407 e. The van der Waals surface area contributed by atoms with Crippen LogP contribution in [0.25, 0.3) is 0 Å². The topological polar surface area (TPSA) is 109 Å². The minimum Gasteiger partial charge on any atom is -0.444 e. The molecule has 2 aliphatic heterocycles. The first-order chi connectivity index (χ1) is 11.7. The molecule has 4 amide bonds. The van der Waals surface area contributed by atoms with E-state index in [4.69, 9.17) is 4.74 Å². The smallest absolute Gasteiger partial charge is 0.407 e. The minimum absolute atomic E-state index is 0.0286. The van der Waals surface area contributed by atoms with Gasteiger partial charge < -0.3 is 26.0 Å². The van der Waals surface area contributed by atoms with Crippen LogP contribution in [-0.2, 0) is 9.53 Å². The molecular weight excluding hydrogens is 344 g/mol. The van der Waals surface area contributed by atoms with E-state index in [2.05, 4.69) is 21.3 Å². The van der Waals surface area contributed by atoms with Crippen LogP contribution in [0.5, 0.6) is 0 Å². The Labute approximate surface area is 152 Å². The van der Waals surface area contributed by atoms with Crippen molar-refractivity contribution in [3.63, 3.8) is 0 Å². The summed E-state index contributed by atoms with van der Waals surface area (Å²) in [5.41, 5.74) is -0.529. The van der Waals surface area contributed by atoms with E-state index < -0.39 is 11.7 Å². The van der Waals surface area contributed by atoms with Gasteiger partial charge in [0.2, 0.25) is 5.91 Å².